The number of aryl methyl sites for hydroxylation is 1. The van der Waals surface area contributed by atoms with E-state index in [0.717, 1.165) is 17.8 Å². The number of fused-ring (bicyclic) bond motifs is 1. The summed E-state index contributed by atoms with van der Waals surface area (Å²) in [4.78, 5) is 37.1. The largest absolute Gasteiger partial charge is 0.391 e. The SMILES string of the molecule is Cn1c(Nc2c(Cl)ccc(CNC(=O)C(C)(C)C)c2Cl)nc2cc(C(=O)N=C3CCC(C(F)(F)F)CC3)c(N3CCSC3)cc21. The van der Waals surface area contributed by atoms with Gasteiger partial charge in [0.1, 0.15) is 0 Å². The summed E-state index contributed by atoms with van der Waals surface area (Å²) in [6.07, 6.45) is -4.07. The van der Waals surface area contributed by atoms with Gasteiger partial charge in [-0.1, -0.05) is 50.0 Å². The van der Waals surface area contributed by atoms with Crippen molar-refractivity contribution in [1.82, 2.24) is 14.9 Å². The first kappa shape index (κ1) is 33.4. The third kappa shape index (κ3) is 7.38. The number of nitrogens with zero attached hydrogens (tertiary/aromatic N) is 4. The molecule has 242 valence electrons. The molecule has 5 rings (SSSR count). The predicted octanol–water partition coefficient (Wildman–Crippen LogP) is 8.13. The summed E-state index contributed by atoms with van der Waals surface area (Å²) in [6.45, 7) is 6.44. The van der Waals surface area contributed by atoms with E-state index < -0.39 is 23.4 Å². The van der Waals surface area contributed by atoms with Crippen molar-refractivity contribution < 1.29 is 22.8 Å². The molecule has 1 aliphatic heterocycles. The molecule has 2 heterocycles. The van der Waals surface area contributed by atoms with Crippen LogP contribution in [0.3, 0.4) is 0 Å². The first-order valence-corrected chi connectivity index (χ1v) is 16.6. The molecule has 0 radical (unpaired) electrons. The highest BCUT2D eigenvalue weighted by Crippen LogP contribution is 2.39. The Bertz CT molecular complexity index is 1650. The maximum atomic E-state index is 13.5. The van der Waals surface area contributed by atoms with Crippen LogP contribution in [0.5, 0.6) is 0 Å². The number of imidazole rings is 1. The summed E-state index contributed by atoms with van der Waals surface area (Å²) in [7, 11) is 1.83. The van der Waals surface area contributed by atoms with E-state index in [0.29, 0.717) is 55.6 Å². The molecular formula is C31H35Cl2F3N6O2S. The molecule has 0 unspecified atom stereocenters. The fourth-order valence-corrected chi connectivity index (χ4v) is 6.87. The van der Waals surface area contributed by atoms with E-state index >= 15 is 0 Å². The van der Waals surface area contributed by atoms with E-state index in [1.54, 1.807) is 30.0 Å². The molecule has 2 aliphatic rings. The Morgan fingerprint density at radius 1 is 1.13 bits per heavy atom. The van der Waals surface area contributed by atoms with Gasteiger partial charge in [-0.2, -0.15) is 13.2 Å². The number of alkyl halides is 3. The van der Waals surface area contributed by atoms with Crippen molar-refractivity contribution in [2.24, 2.45) is 23.4 Å². The van der Waals surface area contributed by atoms with Crippen LogP contribution in [0.2, 0.25) is 10.0 Å². The van der Waals surface area contributed by atoms with Crippen molar-refractivity contribution in [3.63, 3.8) is 0 Å². The summed E-state index contributed by atoms with van der Waals surface area (Å²) >= 11 is 15.0. The molecule has 45 heavy (non-hydrogen) atoms. The molecule has 1 saturated heterocycles. The van der Waals surface area contributed by atoms with Gasteiger partial charge in [0.25, 0.3) is 5.91 Å². The molecule has 0 atom stereocenters. The van der Waals surface area contributed by atoms with Crippen LogP contribution in [0, 0.1) is 11.3 Å². The monoisotopic (exact) mass is 682 g/mol. The van der Waals surface area contributed by atoms with Crippen LogP contribution in [-0.2, 0) is 18.4 Å². The number of nitrogens with one attached hydrogen (secondary N) is 2. The Hall–Kier alpha value is -2.96. The summed E-state index contributed by atoms with van der Waals surface area (Å²) in [5.74, 6) is 0.0659. The third-order valence-electron chi connectivity index (χ3n) is 8.14. The van der Waals surface area contributed by atoms with Crippen molar-refractivity contribution in [3.05, 3.63) is 45.4 Å². The topological polar surface area (TPSA) is 91.6 Å². The molecule has 3 aromatic rings. The lowest BCUT2D eigenvalue weighted by Gasteiger charge is -2.25. The Kier molecular flexibility index (Phi) is 9.68. The highest BCUT2D eigenvalue weighted by molar-refractivity contribution is 7.99. The zero-order valence-corrected chi connectivity index (χ0v) is 27.8. The van der Waals surface area contributed by atoms with Crippen molar-refractivity contribution >= 4 is 80.8 Å². The van der Waals surface area contributed by atoms with Gasteiger partial charge in [-0.05, 0) is 49.4 Å². The number of aromatic nitrogens is 2. The quantitative estimate of drug-likeness (QED) is 0.273. The Morgan fingerprint density at radius 2 is 1.84 bits per heavy atom. The summed E-state index contributed by atoms with van der Waals surface area (Å²) < 4.78 is 41.3. The lowest BCUT2D eigenvalue weighted by molar-refractivity contribution is -0.178. The molecule has 2 fully saturated rings. The molecule has 1 aliphatic carbocycles. The van der Waals surface area contributed by atoms with E-state index in [4.69, 9.17) is 28.2 Å². The Balaban J connectivity index is 1.45. The number of anilines is 3. The lowest BCUT2D eigenvalue weighted by atomic mass is 9.87. The normalized spacial score (nSPS) is 17.6. The highest BCUT2D eigenvalue weighted by atomic mass is 35.5. The van der Waals surface area contributed by atoms with E-state index in [2.05, 4.69) is 20.5 Å². The molecular weight excluding hydrogens is 648 g/mol. The van der Waals surface area contributed by atoms with E-state index in [1.807, 2.05) is 38.5 Å². The van der Waals surface area contributed by atoms with Gasteiger partial charge in [0, 0.05) is 37.0 Å². The number of hydrogen-bond donors (Lipinski definition) is 2. The standard InChI is InChI=1S/C31H35Cl2F3N6O2S/c1-30(2,3)28(44)37-15-17-5-10-21(32)26(25(17)33)40-29-39-22-13-20(23(14-24(22)41(29)4)42-11-12-45-16-42)27(43)38-19-8-6-18(7-9-19)31(34,35)36/h5,10,13-14,18H,6-9,11-12,15-16H2,1-4H3,(H,37,44)(H,39,40). The molecule has 2 aromatic carbocycles. The smallest absolute Gasteiger partial charge is 0.361 e. The summed E-state index contributed by atoms with van der Waals surface area (Å²) in [6, 6.07) is 7.03. The maximum Gasteiger partial charge on any atom is 0.391 e. The van der Waals surface area contributed by atoms with Crippen molar-refractivity contribution in [2.45, 2.75) is 59.2 Å². The predicted molar refractivity (Wildman–Crippen MR) is 176 cm³/mol. The number of halogens is 5. The van der Waals surface area contributed by atoms with Crippen LogP contribution in [0.4, 0.5) is 30.5 Å². The van der Waals surface area contributed by atoms with Gasteiger partial charge < -0.3 is 20.1 Å². The number of carbonyl (C=O) groups is 2. The average Bonchev–Trinajstić information content (AvgIpc) is 3.61. The fraction of sp³-hybridized carbons (Fsp3) is 0.484. The Morgan fingerprint density at radius 3 is 2.47 bits per heavy atom. The van der Waals surface area contributed by atoms with Gasteiger partial charge in [0.05, 0.1) is 49.8 Å². The number of hydrogen-bond acceptors (Lipinski definition) is 6. The molecule has 14 heteroatoms. The van der Waals surface area contributed by atoms with Crippen LogP contribution >= 0.6 is 35.0 Å². The van der Waals surface area contributed by atoms with Gasteiger partial charge >= 0.3 is 6.18 Å². The number of carbonyl (C=O) groups excluding carboxylic acids is 2. The van der Waals surface area contributed by atoms with E-state index in [9.17, 15) is 22.8 Å². The fourth-order valence-electron chi connectivity index (χ4n) is 5.37. The second-order valence-electron chi connectivity index (χ2n) is 12.4. The number of amides is 2. The summed E-state index contributed by atoms with van der Waals surface area (Å²) in [5.41, 5.74) is 3.37. The molecule has 8 nitrogen and oxygen atoms in total. The van der Waals surface area contributed by atoms with Crippen LogP contribution in [0.15, 0.2) is 29.3 Å². The second kappa shape index (κ2) is 13.0. The van der Waals surface area contributed by atoms with Gasteiger partial charge in [-0.15, -0.1) is 11.8 Å². The third-order valence-corrected chi connectivity index (χ3v) is 9.85. The number of rotatable bonds is 6. The van der Waals surface area contributed by atoms with E-state index in [-0.39, 0.29) is 38.1 Å². The minimum atomic E-state index is -4.23. The van der Waals surface area contributed by atoms with Gasteiger partial charge in [-0.3, -0.25) is 9.59 Å². The molecule has 2 amide bonds. The van der Waals surface area contributed by atoms with Gasteiger partial charge in [-0.25, -0.2) is 9.98 Å². The van der Waals surface area contributed by atoms with Crippen LogP contribution in [0.25, 0.3) is 11.0 Å². The van der Waals surface area contributed by atoms with E-state index in [1.165, 1.54) is 0 Å². The summed E-state index contributed by atoms with van der Waals surface area (Å²) in [5, 5.41) is 6.83. The van der Waals surface area contributed by atoms with Crippen molar-refractivity contribution in [3.8, 4) is 0 Å². The highest BCUT2D eigenvalue weighted by Gasteiger charge is 2.41. The minimum Gasteiger partial charge on any atom is -0.361 e. The van der Waals surface area contributed by atoms with Crippen molar-refractivity contribution in [1.29, 1.82) is 0 Å². The van der Waals surface area contributed by atoms with Gasteiger partial charge in [0.15, 0.2) is 0 Å². The Labute approximate surface area is 274 Å². The number of thioether (sulfide) groups is 1. The number of aliphatic imine (C=N–C) groups is 1. The molecule has 1 saturated carbocycles. The zero-order chi connectivity index (χ0) is 32.7. The second-order valence-corrected chi connectivity index (χ2v) is 14.3. The van der Waals surface area contributed by atoms with Gasteiger partial charge in [0.2, 0.25) is 11.9 Å². The van der Waals surface area contributed by atoms with Crippen LogP contribution in [0.1, 0.15) is 62.4 Å². The zero-order valence-electron chi connectivity index (χ0n) is 25.4. The van der Waals surface area contributed by atoms with Crippen LogP contribution < -0.4 is 15.5 Å². The first-order chi connectivity index (χ1) is 21.1. The van der Waals surface area contributed by atoms with Crippen molar-refractivity contribution in [2.75, 3.05) is 28.4 Å². The molecule has 0 spiro atoms. The molecule has 0 bridgehead atoms. The molecule has 2 N–H and O–H groups in total. The number of benzene rings is 2. The molecule has 1 aromatic heterocycles. The van der Waals surface area contributed by atoms with Crippen LogP contribution in [-0.4, -0.2) is 51.4 Å². The maximum absolute atomic E-state index is 13.5. The lowest BCUT2D eigenvalue weighted by Crippen LogP contribution is -2.34. The average molecular weight is 684 g/mol. The first-order valence-electron chi connectivity index (χ1n) is 14.7. The minimum absolute atomic E-state index is 0.0607.